The lowest BCUT2D eigenvalue weighted by molar-refractivity contribution is -0.128. The molecule has 0 N–H and O–H groups in total. The van der Waals surface area contributed by atoms with E-state index >= 15 is 0 Å². The van der Waals surface area contributed by atoms with Crippen LogP contribution in [0.25, 0.3) is 0 Å². The van der Waals surface area contributed by atoms with Gasteiger partial charge in [-0.05, 0) is 5.56 Å². The Bertz CT molecular complexity index is 522. The summed E-state index contributed by atoms with van der Waals surface area (Å²) in [5.74, 6) is 0.609. The number of ether oxygens (including phenoxy) is 1. The van der Waals surface area contributed by atoms with Gasteiger partial charge in [-0.1, -0.05) is 30.3 Å². The molecule has 0 fully saturated rings. The number of hydrogen-bond acceptors (Lipinski definition) is 4. The van der Waals surface area contributed by atoms with E-state index in [0.717, 1.165) is 5.56 Å². The van der Waals surface area contributed by atoms with Crippen molar-refractivity contribution in [3.63, 3.8) is 0 Å². The van der Waals surface area contributed by atoms with Crippen molar-refractivity contribution in [3.8, 4) is 0 Å². The Morgan fingerprint density at radius 2 is 2.11 bits per heavy atom. The van der Waals surface area contributed by atoms with Crippen LogP contribution in [0.2, 0.25) is 0 Å². The molecule has 0 radical (unpaired) electrons. The van der Waals surface area contributed by atoms with Crippen LogP contribution in [0.1, 0.15) is 17.5 Å². The Labute approximate surface area is 105 Å². The molecular weight excluding hydrogens is 230 g/mol. The second kappa shape index (κ2) is 5.55. The van der Waals surface area contributed by atoms with Crippen LogP contribution in [-0.4, -0.2) is 27.7 Å². The van der Waals surface area contributed by atoms with Crippen molar-refractivity contribution >= 4 is 5.78 Å². The minimum absolute atomic E-state index is 0.0280. The number of benzene rings is 1. The van der Waals surface area contributed by atoms with E-state index in [0.29, 0.717) is 5.82 Å². The zero-order valence-electron chi connectivity index (χ0n) is 10.4. The highest BCUT2D eigenvalue weighted by Gasteiger charge is 2.21. The summed E-state index contributed by atoms with van der Waals surface area (Å²) >= 11 is 0. The molecule has 0 amide bonds. The summed E-state index contributed by atoms with van der Waals surface area (Å²) in [7, 11) is 3.30. The van der Waals surface area contributed by atoms with Crippen LogP contribution >= 0.6 is 0 Å². The molecule has 1 aromatic heterocycles. The number of aromatic nitrogens is 3. The summed E-state index contributed by atoms with van der Waals surface area (Å²) in [5, 5.41) is 3.94. The Balaban J connectivity index is 2.14. The van der Waals surface area contributed by atoms with Crippen LogP contribution in [0, 0.1) is 0 Å². The van der Waals surface area contributed by atoms with Crippen molar-refractivity contribution in [2.75, 3.05) is 7.11 Å². The molecule has 1 aromatic carbocycles. The first-order valence-electron chi connectivity index (χ1n) is 5.65. The quantitative estimate of drug-likeness (QED) is 0.797. The van der Waals surface area contributed by atoms with Gasteiger partial charge in [-0.3, -0.25) is 9.48 Å². The van der Waals surface area contributed by atoms with E-state index in [-0.39, 0.29) is 12.2 Å². The topological polar surface area (TPSA) is 57.0 Å². The van der Waals surface area contributed by atoms with E-state index < -0.39 is 6.10 Å². The van der Waals surface area contributed by atoms with Crippen LogP contribution in [0.15, 0.2) is 36.7 Å². The highest BCUT2D eigenvalue weighted by atomic mass is 16.5. The molecule has 5 nitrogen and oxygen atoms in total. The number of Topliss-reactive ketones (excluding diaryl/α,β-unsaturated/α-hetero) is 1. The summed E-state index contributed by atoms with van der Waals surface area (Å²) in [4.78, 5) is 16.2. The van der Waals surface area contributed by atoms with E-state index in [1.165, 1.54) is 13.4 Å². The van der Waals surface area contributed by atoms with E-state index in [1.807, 2.05) is 30.3 Å². The van der Waals surface area contributed by atoms with Crippen LogP contribution in [0.3, 0.4) is 0 Å². The van der Waals surface area contributed by atoms with Gasteiger partial charge < -0.3 is 4.74 Å². The minimum atomic E-state index is -0.553. The Morgan fingerprint density at radius 1 is 1.39 bits per heavy atom. The molecule has 1 atom stereocenters. The monoisotopic (exact) mass is 245 g/mol. The third-order valence-electron chi connectivity index (χ3n) is 2.77. The van der Waals surface area contributed by atoms with E-state index in [2.05, 4.69) is 10.1 Å². The lowest BCUT2D eigenvalue weighted by Crippen LogP contribution is -2.18. The average molecular weight is 245 g/mol. The first kappa shape index (κ1) is 12.4. The van der Waals surface area contributed by atoms with Gasteiger partial charge in [0.1, 0.15) is 18.3 Å². The SMILES string of the molecule is COC(C(=O)Cc1ncnn1C)c1ccccc1. The number of carbonyl (C=O) groups excluding carboxylic acids is 1. The number of ketones is 1. The van der Waals surface area contributed by atoms with Gasteiger partial charge in [-0.2, -0.15) is 5.10 Å². The van der Waals surface area contributed by atoms with Crippen molar-refractivity contribution in [1.82, 2.24) is 14.8 Å². The predicted molar refractivity (Wildman–Crippen MR) is 65.9 cm³/mol. The predicted octanol–water partition coefficient (Wildman–Crippen LogP) is 1.31. The molecule has 5 heteroatoms. The summed E-state index contributed by atoms with van der Waals surface area (Å²) in [6.45, 7) is 0. The molecule has 1 heterocycles. The number of methoxy groups -OCH3 is 1. The van der Waals surface area contributed by atoms with Gasteiger partial charge in [0.25, 0.3) is 0 Å². The first-order chi connectivity index (χ1) is 8.72. The maximum Gasteiger partial charge on any atom is 0.173 e. The van der Waals surface area contributed by atoms with Crippen LogP contribution in [0.4, 0.5) is 0 Å². The number of hydrogen-bond donors (Lipinski definition) is 0. The number of aryl methyl sites for hydroxylation is 1. The van der Waals surface area contributed by atoms with Crippen molar-refractivity contribution < 1.29 is 9.53 Å². The number of nitrogens with zero attached hydrogens (tertiary/aromatic N) is 3. The highest BCUT2D eigenvalue weighted by Crippen LogP contribution is 2.18. The van der Waals surface area contributed by atoms with Gasteiger partial charge in [0.15, 0.2) is 5.78 Å². The maximum absolute atomic E-state index is 12.2. The zero-order chi connectivity index (χ0) is 13.0. The highest BCUT2D eigenvalue weighted by molar-refractivity contribution is 5.85. The molecule has 0 saturated carbocycles. The molecule has 0 spiro atoms. The van der Waals surface area contributed by atoms with Gasteiger partial charge in [0.2, 0.25) is 0 Å². The molecule has 0 bridgehead atoms. The van der Waals surface area contributed by atoms with Gasteiger partial charge >= 0.3 is 0 Å². The molecule has 0 aliphatic rings. The third-order valence-corrected chi connectivity index (χ3v) is 2.77. The molecular formula is C13H15N3O2. The fraction of sp³-hybridized carbons (Fsp3) is 0.308. The van der Waals surface area contributed by atoms with Gasteiger partial charge in [-0.25, -0.2) is 4.98 Å². The second-order valence-corrected chi connectivity index (χ2v) is 3.97. The Morgan fingerprint density at radius 3 is 2.67 bits per heavy atom. The molecule has 0 saturated heterocycles. The van der Waals surface area contributed by atoms with Crippen LogP contribution in [0.5, 0.6) is 0 Å². The normalized spacial score (nSPS) is 12.3. The van der Waals surface area contributed by atoms with Crippen LogP contribution in [-0.2, 0) is 23.0 Å². The fourth-order valence-electron chi connectivity index (χ4n) is 1.81. The average Bonchev–Trinajstić information content (AvgIpc) is 2.77. The fourth-order valence-corrected chi connectivity index (χ4v) is 1.81. The zero-order valence-corrected chi connectivity index (χ0v) is 10.4. The smallest absolute Gasteiger partial charge is 0.173 e. The molecule has 1 unspecified atom stereocenters. The Hall–Kier alpha value is -2.01. The molecule has 94 valence electrons. The van der Waals surface area contributed by atoms with Gasteiger partial charge in [-0.15, -0.1) is 0 Å². The molecule has 2 aromatic rings. The first-order valence-corrected chi connectivity index (χ1v) is 5.65. The van der Waals surface area contributed by atoms with E-state index in [9.17, 15) is 4.79 Å². The van der Waals surface area contributed by atoms with Crippen molar-refractivity contribution in [2.45, 2.75) is 12.5 Å². The molecule has 0 aliphatic carbocycles. The Kier molecular flexibility index (Phi) is 3.84. The summed E-state index contributed by atoms with van der Waals surface area (Å²) in [6.07, 6.45) is 1.10. The summed E-state index contributed by atoms with van der Waals surface area (Å²) in [6, 6.07) is 9.43. The van der Waals surface area contributed by atoms with Crippen LogP contribution < -0.4 is 0 Å². The van der Waals surface area contributed by atoms with Crippen molar-refractivity contribution in [2.24, 2.45) is 7.05 Å². The molecule has 2 rings (SSSR count). The van der Waals surface area contributed by atoms with Crippen molar-refractivity contribution in [1.29, 1.82) is 0 Å². The third kappa shape index (κ3) is 2.62. The molecule has 18 heavy (non-hydrogen) atoms. The number of rotatable bonds is 5. The van der Waals surface area contributed by atoms with Gasteiger partial charge in [0, 0.05) is 14.2 Å². The number of carbonyl (C=O) groups is 1. The second-order valence-electron chi connectivity index (χ2n) is 3.97. The standard InChI is InChI=1S/C13H15N3O2/c1-16-12(14-9-15-16)8-11(17)13(18-2)10-6-4-3-5-7-10/h3-7,9,13H,8H2,1-2H3. The van der Waals surface area contributed by atoms with E-state index in [4.69, 9.17) is 4.74 Å². The van der Waals surface area contributed by atoms with Crippen molar-refractivity contribution in [3.05, 3.63) is 48.0 Å². The maximum atomic E-state index is 12.2. The summed E-state index contributed by atoms with van der Waals surface area (Å²) < 4.78 is 6.87. The summed E-state index contributed by atoms with van der Waals surface area (Å²) in [5.41, 5.74) is 0.854. The lowest BCUT2D eigenvalue weighted by Gasteiger charge is -2.14. The van der Waals surface area contributed by atoms with Gasteiger partial charge in [0.05, 0.1) is 6.42 Å². The molecule has 0 aliphatic heterocycles. The largest absolute Gasteiger partial charge is 0.369 e. The minimum Gasteiger partial charge on any atom is -0.369 e. The van der Waals surface area contributed by atoms with E-state index in [1.54, 1.807) is 11.7 Å². The lowest BCUT2D eigenvalue weighted by atomic mass is 10.0.